The van der Waals surface area contributed by atoms with Gasteiger partial charge in [0.15, 0.2) is 0 Å². The number of fused-ring (bicyclic) bond motifs is 4. The van der Waals surface area contributed by atoms with Crippen molar-refractivity contribution in [1.29, 1.82) is 0 Å². The van der Waals surface area contributed by atoms with E-state index in [9.17, 15) is 15.3 Å². The summed E-state index contributed by atoms with van der Waals surface area (Å²) in [7, 11) is 0. The molecule has 104 valence electrons. The Morgan fingerprint density at radius 2 is 1.89 bits per heavy atom. The molecule has 0 unspecified atom stereocenters. The van der Waals surface area contributed by atoms with Gasteiger partial charge < -0.3 is 20.1 Å². The van der Waals surface area contributed by atoms with Gasteiger partial charge in [-0.1, -0.05) is 20.8 Å². The zero-order valence-corrected chi connectivity index (χ0v) is 11.7. The molecule has 4 nitrogen and oxygen atoms in total. The standard InChI is InChI=1S/C15H20O4/c1-8-5-11-9(6-10(8)16)14(4)12(17)7-15(18,19-11)13(14,2)3/h5-6,12,16-18H,7H2,1-4H3/t12-,14-,15+/m1/s1. The van der Waals surface area contributed by atoms with Crippen molar-refractivity contribution in [2.24, 2.45) is 5.41 Å². The lowest BCUT2D eigenvalue weighted by atomic mass is 9.61. The lowest BCUT2D eigenvalue weighted by molar-refractivity contribution is -0.215. The quantitative estimate of drug-likeness (QED) is 0.668. The summed E-state index contributed by atoms with van der Waals surface area (Å²) >= 11 is 0. The fourth-order valence-corrected chi connectivity index (χ4v) is 3.57. The highest BCUT2D eigenvalue weighted by Gasteiger charge is 2.70. The molecule has 1 heterocycles. The van der Waals surface area contributed by atoms with Crippen molar-refractivity contribution in [1.82, 2.24) is 0 Å². The lowest BCUT2D eigenvalue weighted by Gasteiger charge is -2.50. The molecule has 0 aromatic heterocycles. The second-order valence-corrected chi connectivity index (χ2v) is 6.57. The summed E-state index contributed by atoms with van der Waals surface area (Å²) < 4.78 is 5.78. The molecule has 0 spiro atoms. The summed E-state index contributed by atoms with van der Waals surface area (Å²) in [6.45, 7) is 7.49. The van der Waals surface area contributed by atoms with Gasteiger partial charge in [0.05, 0.1) is 6.10 Å². The number of aliphatic hydroxyl groups excluding tert-OH is 1. The Morgan fingerprint density at radius 1 is 1.26 bits per heavy atom. The normalized spacial score (nSPS) is 38.7. The first-order chi connectivity index (χ1) is 8.63. The minimum absolute atomic E-state index is 0.172. The van der Waals surface area contributed by atoms with Crippen LogP contribution in [0, 0.1) is 12.3 Å². The first-order valence-electron chi connectivity index (χ1n) is 6.57. The number of hydrogen-bond donors (Lipinski definition) is 3. The Morgan fingerprint density at radius 3 is 2.53 bits per heavy atom. The minimum atomic E-state index is -1.38. The molecule has 1 saturated carbocycles. The van der Waals surface area contributed by atoms with E-state index in [1.807, 2.05) is 20.8 Å². The molecule has 0 saturated heterocycles. The van der Waals surface area contributed by atoms with E-state index in [1.54, 1.807) is 19.1 Å². The molecule has 4 heteroatoms. The summed E-state index contributed by atoms with van der Waals surface area (Å²) in [5.74, 6) is -0.641. The molecule has 2 aliphatic rings. The first kappa shape index (κ1) is 12.8. The summed E-state index contributed by atoms with van der Waals surface area (Å²) in [4.78, 5) is 0. The Labute approximate surface area is 112 Å². The number of benzene rings is 1. The van der Waals surface area contributed by atoms with E-state index in [0.29, 0.717) is 11.3 Å². The number of aryl methyl sites for hydroxylation is 1. The maximum atomic E-state index is 10.7. The van der Waals surface area contributed by atoms with Crippen molar-refractivity contribution < 1.29 is 20.1 Å². The van der Waals surface area contributed by atoms with E-state index in [2.05, 4.69) is 0 Å². The molecule has 0 radical (unpaired) electrons. The van der Waals surface area contributed by atoms with E-state index in [0.717, 1.165) is 5.56 Å². The highest BCUT2D eigenvalue weighted by Crippen LogP contribution is 2.64. The molecule has 2 bridgehead atoms. The first-order valence-corrected chi connectivity index (χ1v) is 6.57. The van der Waals surface area contributed by atoms with Crippen molar-refractivity contribution in [2.75, 3.05) is 0 Å². The van der Waals surface area contributed by atoms with Crippen molar-refractivity contribution in [3.05, 3.63) is 23.3 Å². The van der Waals surface area contributed by atoms with Gasteiger partial charge in [0, 0.05) is 22.8 Å². The third-order valence-electron chi connectivity index (χ3n) is 5.55. The molecule has 1 fully saturated rings. The number of hydrogen-bond acceptors (Lipinski definition) is 4. The van der Waals surface area contributed by atoms with Gasteiger partial charge in [0.1, 0.15) is 11.5 Å². The molecule has 1 aromatic rings. The average molecular weight is 264 g/mol. The van der Waals surface area contributed by atoms with Crippen LogP contribution in [0.5, 0.6) is 11.5 Å². The molecule has 1 aliphatic heterocycles. The summed E-state index contributed by atoms with van der Waals surface area (Å²) in [5, 5.41) is 31.1. The molecule has 3 atom stereocenters. The summed E-state index contributed by atoms with van der Waals surface area (Å²) in [5.41, 5.74) is 0.157. The lowest BCUT2D eigenvalue weighted by Crippen LogP contribution is -2.56. The van der Waals surface area contributed by atoms with E-state index in [-0.39, 0.29) is 12.2 Å². The van der Waals surface area contributed by atoms with Crippen molar-refractivity contribution >= 4 is 0 Å². The topological polar surface area (TPSA) is 69.9 Å². The Kier molecular flexibility index (Phi) is 2.18. The van der Waals surface area contributed by atoms with Crippen LogP contribution in [0.1, 0.15) is 38.3 Å². The van der Waals surface area contributed by atoms with Gasteiger partial charge >= 0.3 is 0 Å². The number of rotatable bonds is 0. The second kappa shape index (κ2) is 3.25. The van der Waals surface area contributed by atoms with Crippen molar-refractivity contribution in [3.8, 4) is 11.5 Å². The fraction of sp³-hybridized carbons (Fsp3) is 0.600. The van der Waals surface area contributed by atoms with Crippen LogP contribution in [-0.2, 0) is 5.41 Å². The predicted molar refractivity (Wildman–Crippen MR) is 70.2 cm³/mol. The number of phenols is 1. The smallest absolute Gasteiger partial charge is 0.216 e. The third kappa shape index (κ3) is 1.21. The zero-order chi connectivity index (χ0) is 14.2. The molecular formula is C15H20O4. The molecule has 1 aliphatic carbocycles. The number of phenolic OH excluding ortho intramolecular Hbond substituents is 1. The molecule has 3 rings (SSSR count). The van der Waals surface area contributed by atoms with Crippen LogP contribution in [0.15, 0.2) is 12.1 Å². The molecule has 0 amide bonds. The van der Waals surface area contributed by atoms with Gasteiger partial charge in [-0.2, -0.15) is 0 Å². The average Bonchev–Trinajstić information content (AvgIpc) is 2.38. The number of ether oxygens (including phenoxy) is 1. The monoisotopic (exact) mass is 264 g/mol. The Hall–Kier alpha value is -1.26. The number of aromatic hydroxyl groups is 1. The fourth-order valence-electron chi connectivity index (χ4n) is 3.57. The van der Waals surface area contributed by atoms with E-state index >= 15 is 0 Å². The molecule has 3 N–H and O–H groups in total. The Balaban J connectivity index is 2.33. The summed E-state index contributed by atoms with van der Waals surface area (Å²) in [6.07, 6.45) is -0.541. The maximum absolute atomic E-state index is 10.7. The second-order valence-electron chi connectivity index (χ2n) is 6.57. The molecule has 19 heavy (non-hydrogen) atoms. The predicted octanol–water partition coefficient (Wildman–Crippen LogP) is 1.83. The maximum Gasteiger partial charge on any atom is 0.216 e. The minimum Gasteiger partial charge on any atom is -0.508 e. The van der Waals surface area contributed by atoms with Gasteiger partial charge in [0.25, 0.3) is 0 Å². The van der Waals surface area contributed by atoms with Gasteiger partial charge in [-0.15, -0.1) is 0 Å². The van der Waals surface area contributed by atoms with Gasteiger partial charge in [0.2, 0.25) is 5.79 Å². The molecule has 1 aromatic carbocycles. The van der Waals surface area contributed by atoms with E-state index in [1.165, 1.54) is 0 Å². The van der Waals surface area contributed by atoms with Crippen LogP contribution in [0.2, 0.25) is 0 Å². The largest absolute Gasteiger partial charge is 0.508 e. The van der Waals surface area contributed by atoms with Crippen LogP contribution >= 0.6 is 0 Å². The van der Waals surface area contributed by atoms with Gasteiger partial charge in [-0.25, -0.2) is 0 Å². The summed E-state index contributed by atoms with van der Waals surface area (Å²) in [6, 6.07) is 3.38. The van der Waals surface area contributed by atoms with Crippen LogP contribution in [0.4, 0.5) is 0 Å². The van der Waals surface area contributed by atoms with Crippen LogP contribution in [-0.4, -0.2) is 27.2 Å². The highest BCUT2D eigenvalue weighted by molar-refractivity contribution is 5.53. The van der Waals surface area contributed by atoms with Gasteiger partial charge in [-0.3, -0.25) is 0 Å². The Bertz CT molecular complexity index is 566. The van der Waals surface area contributed by atoms with E-state index < -0.39 is 22.7 Å². The molecular weight excluding hydrogens is 244 g/mol. The van der Waals surface area contributed by atoms with Gasteiger partial charge in [-0.05, 0) is 24.6 Å². The third-order valence-corrected chi connectivity index (χ3v) is 5.55. The zero-order valence-electron chi connectivity index (χ0n) is 11.7. The van der Waals surface area contributed by atoms with Crippen LogP contribution in [0.25, 0.3) is 0 Å². The van der Waals surface area contributed by atoms with E-state index in [4.69, 9.17) is 4.74 Å². The van der Waals surface area contributed by atoms with Crippen molar-refractivity contribution in [2.45, 2.75) is 51.4 Å². The SMILES string of the molecule is Cc1cc2c(cc1O)[C@]1(C)[C@H](O)C[C@](O)(O2)C1(C)C. The van der Waals surface area contributed by atoms with Crippen LogP contribution < -0.4 is 4.74 Å². The van der Waals surface area contributed by atoms with Crippen molar-refractivity contribution in [3.63, 3.8) is 0 Å². The number of aliphatic hydroxyl groups is 2. The van der Waals surface area contributed by atoms with Crippen LogP contribution in [0.3, 0.4) is 0 Å². The highest BCUT2D eigenvalue weighted by atomic mass is 16.6.